The summed E-state index contributed by atoms with van der Waals surface area (Å²) >= 11 is 1.35. The van der Waals surface area contributed by atoms with Gasteiger partial charge in [0.15, 0.2) is 5.16 Å². The van der Waals surface area contributed by atoms with Gasteiger partial charge in [-0.3, -0.25) is 0 Å². The van der Waals surface area contributed by atoms with Gasteiger partial charge in [-0.15, -0.1) is 0 Å². The first-order chi connectivity index (χ1) is 8.17. The third-order valence-corrected chi connectivity index (χ3v) is 2.67. The maximum Gasteiger partial charge on any atom is 0.342 e. The topological polar surface area (TPSA) is 91.2 Å². The van der Waals surface area contributed by atoms with Gasteiger partial charge in [-0.25, -0.2) is 9.78 Å². The zero-order chi connectivity index (χ0) is 12.4. The van der Waals surface area contributed by atoms with E-state index in [0.717, 1.165) is 0 Å². The molecule has 6 nitrogen and oxygen atoms in total. The van der Waals surface area contributed by atoms with Gasteiger partial charge in [0.1, 0.15) is 17.6 Å². The van der Waals surface area contributed by atoms with Crippen molar-refractivity contribution in [2.75, 3.05) is 18.6 Å². The number of fused-ring (bicyclic) bond motifs is 1. The summed E-state index contributed by atoms with van der Waals surface area (Å²) in [7, 11) is 0. The Hall–Kier alpha value is -1.76. The van der Waals surface area contributed by atoms with Crippen LogP contribution in [0.25, 0.3) is 11.1 Å². The van der Waals surface area contributed by atoms with Crippen LogP contribution in [0.5, 0.6) is 0 Å². The van der Waals surface area contributed by atoms with Gasteiger partial charge in [-0.1, -0.05) is 11.8 Å². The Labute approximate surface area is 102 Å². The summed E-state index contributed by atoms with van der Waals surface area (Å²) in [6.07, 6.45) is 3.12. The lowest BCUT2D eigenvalue weighted by Crippen LogP contribution is -2.05. The standard InChI is InChI=1S/C10H11N3O3S/c1-3-15-9(14)5-4-16-8-6(5)7(11)12-10(13-8)17-2/h4H,3H2,1-2H3,(H2,11,12,13). The molecule has 0 aliphatic carbocycles. The van der Waals surface area contributed by atoms with Crippen LogP contribution in [0.15, 0.2) is 15.8 Å². The zero-order valence-electron chi connectivity index (χ0n) is 9.39. The monoisotopic (exact) mass is 253 g/mol. The van der Waals surface area contributed by atoms with Gasteiger partial charge in [-0.2, -0.15) is 4.98 Å². The molecule has 0 atom stereocenters. The Kier molecular flexibility index (Phi) is 3.19. The number of aromatic nitrogens is 2. The van der Waals surface area contributed by atoms with Crippen molar-refractivity contribution in [1.82, 2.24) is 9.97 Å². The highest BCUT2D eigenvalue weighted by molar-refractivity contribution is 7.98. The van der Waals surface area contributed by atoms with Crippen LogP contribution in [0, 0.1) is 0 Å². The molecule has 2 aromatic heterocycles. The first-order valence-corrected chi connectivity index (χ1v) is 6.15. The minimum Gasteiger partial charge on any atom is -0.462 e. The molecule has 90 valence electrons. The summed E-state index contributed by atoms with van der Waals surface area (Å²) in [5.74, 6) is -0.269. The molecule has 17 heavy (non-hydrogen) atoms. The van der Waals surface area contributed by atoms with E-state index in [1.807, 2.05) is 6.26 Å². The van der Waals surface area contributed by atoms with Crippen LogP contribution >= 0.6 is 11.8 Å². The number of carbonyl (C=O) groups is 1. The minimum atomic E-state index is -0.488. The number of furan rings is 1. The van der Waals surface area contributed by atoms with Gasteiger partial charge in [0.05, 0.1) is 12.0 Å². The lowest BCUT2D eigenvalue weighted by molar-refractivity contribution is 0.0527. The predicted molar refractivity (Wildman–Crippen MR) is 64.0 cm³/mol. The van der Waals surface area contributed by atoms with Gasteiger partial charge in [-0.05, 0) is 13.2 Å². The maximum absolute atomic E-state index is 11.6. The van der Waals surface area contributed by atoms with Crippen molar-refractivity contribution in [2.24, 2.45) is 0 Å². The SMILES string of the molecule is CCOC(=O)c1coc2nc(SC)nc(N)c12. The van der Waals surface area contributed by atoms with Crippen molar-refractivity contribution >= 4 is 34.6 Å². The molecule has 0 aliphatic heterocycles. The molecule has 0 amide bonds. The Morgan fingerprint density at radius 2 is 2.35 bits per heavy atom. The highest BCUT2D eigenvalue weighted by Crippen LogP contribution is 2.26. The van der Waals surface area contributed by atoms with E-state index in [1.165, 1.54) is 18.0 Å². The molecule has 2 aromatic rings. The van der Waals surface area contributed by atoms with Gasteiger partial charge >= 0.3 is 5.97 Å². The van der Waals surface area contributed by atoms with Gasteiger partial charge in [0.25, 0.3) is 0 Å². The molecule has 0 spiro atoms. The summed E-state index contributed by atoms with van der Waals surface area (Å²) in [4.78, 5) is 19.8. The van der Waals surface area contributed by atoms with Crippen LogP contribution in [0.2, 0.25) is 0 Å². The Bertz CT molecular complexity index is 567. The van der Waals surface area contributed by atoms with Crippen LogP contribution in [0.3, 0.4) is 0 Å². The minimum absolute atomic E-state index is 0.219. The second-order valence-electron chi connectivity index (χ2n) is 3.15. The van der Waals surface area contributed by atoms with Crippen molar-refractivity contribution in [3.63, 3.8) is 0 Å². The van der Waals surface area contributed by atoms with E-state index in [1.54, 1.807) is 6.92 Å². The second kappa shape index (κ2) is 4.62. The fourth-order valence-corrected chi connectivity index (χ4v) is 1.76. The number of anilines is 1. The Morgan fingerprint density at radius 1 is 1.59 bits per heavy atom. The number of carbonyl (C=O) groups excluding carboxylic acids is 1. The number of ether oxygens (including phenoxy) is 1. The number of thioether (sulfide) groups is 1. The average Bonchev–Trinajstić information content (AvgIpc) is 2.73. The summed E-state index contributed by atoms with van der Waals surface area (Å²) in [5.41, 5.74) is 6.33. The van der Waals surface area contributed by atoms with Crippen molar-refractivity contribution in [3.05, 3.63) is 11.8 Å². The third-order valence-electron chi connectivity index (χ3n) is 2.12. The number of hydrogen-bond acceptors (Lipinski definition) is 7. The van der Waals surface area contributed by atoms with Gasteiger partial charge in [0, 0.05) is 0 Å². The number of esters is 1. The summed E-state index contributed by atoms with van der Waals surface area (Å²) in [6.45, 7) is 2.01. The molecule has 0 bridgehead atoms. The molecule has 0 aromatic carbocycles. The number of hydrogen-bond donors (Lipinski definition) is 1. The molecule has 0 fully saturated rings. The predicted octanol–water partition coefficient (Wildman–Crippen LogP) is 1.70. The average molecular weight is 253 g/mol. The van der Waals surface area contributed by atoms with Crippen LogP contribution in [-0.2, 0) is 4.74 Å². The largest absolute Gasteiger partial charge is 0.462 e. The number of nitrogens with zero attached hydrogens (tertiary/aromatic N) is 2. The smallest absolute Gasteiger partial charge is 0.342 e. The third kappa shape index (κ3) is 2.05. The Balaban J connectivity index is 2.57. The molecule has 0 aliphatic rings. The summed E-state index contributed by atoms with van der Waals surface area (Å²) in [6, 6.07) is 0. The van der Waals surface area contributed by atoms with E-state index >= 15 is 0 Å². The van der Waals surface area contributed by atoms with Crippen LogP contribution in [0.1, 0.15) is 17.3 Å². The molecule has 0 unspecified atom stereocenters. The summed E-state index contributed by atoms with van der Waals surface area (Å²) in [5, 5.41) is 0.904. The normalized spacial score (nSPS) is 10.7. The molecule has 0 radical (unpaired) electrons. The van der Waals surface area contributed by atoms with Crippen LogP contribution in [0.4, 0.5) is 5.82 Å². The molecule has 7 heteroatoms. The molecule has 2 rings (SSSR count). The van der Waals surface area contributed by atoms with E-state index in [2.05, 4.69) is 9.97 Å². The van der Waals surface area contributed by atoms with Crippen molar-refractivity contribution in [3.8, 4) is 0 Å². The summed E-state index contributed by atoms with van der Waals surface area (Å²) < 4.78 is 10.1. The molecule has 2 heterocycles. The molecule has 0 saturated carbocycles. The highest BCUT2D eigenvalue weighted by Gasteiger charge is 2.19. The van der Waals surface area contributed by atoms with E-state index < -0.39 is 5.97 Å². The molecule has 0 saturated heterocycles. The van der Waals surface area contributed by atoms with Crippen molar-refractivity contribution in [1.29, 1.82) is 0 Å². The lowest BCUT2D eigenvalue weighted by Gasteiger charge is -2.01. The number of nitrogen functional groups attached to an aromatic ring is 1. The molecule has 2 N–H and O–H groups in total. The van der Waals surface area contributed by atoms with E-state index in [-0.39, 0.29) is 18.0 Å². The van der Waals surface area contributed by atoms with E-state index in [0.29, 0.717) is 16.3 Å². The second-order valence-corrected chi connectivity index (χ2v) is 3.92. The van der Waals surface area contributed by atoms with E-state index in [9.17, 15) is 4.79 Å². The lowest BCUT2D eigenvalue weighted by atomic mass is 10.2. The van der Waals surface area contributed by atoms with Crippen LogP contribution < -0.4 is 5.73 Å². The molecular weight excluding hydrogens is 242 g/mol. The fourth-order valence-electron chi connectivity index (χ4n) is 1.40. The first kappa shape index (κ1) is 11.7. The van der Waals surface area contributed by atoms with Crippen molar-refractivity contribution in [2.45, 2.75) is 12.1 Å². The quantitative estimate of drug-likeness (QED) is 0.505. The number of rotatable bonds is 3. The zero-order valence-corrected chi connectivity index (χ0v) is 10.2. The van der Waals surface area contributed by atoms with Gasteiger partial charge < -0.3 is 14.9 Å². The first-order valence-electron chi connectivity index (χ1n) is 4.93. The van der Waals surface area contributed by atoms with Crippen molar-refractivity contribution < 1.29 is 13.9 Å². The Morgan fingerprint density at radius 3 is 3.00 bits per heavy atom. The fraction of sp³-hybridized carbons (Fsp3) is 0.300. The molecular formula is C10H11N3O3S. The van der Waals surface area contributed by atoms with Gasteiger partial charge in [0.2, 0.25) is 5.71 Å². The van der Waals surface area contributed by atoms with E-state index in [4.69, 9.17) is 14.9 Å². The maximum atomic E-state index is 11.6. The van der Waals surface area contributed by atoms with Crippen LogP contribution in [-0.4, -0.2) is 28.8 Å². The highest BCUT2D eigenvalue weighted by atomic mass is 32.2. The number of nitrogens with two attached hydrogens (primary N) is 1.